The summed E-state index contributed by atoms with van der Waals surface area (Å²) < 4.78 is 0. The van der Waals surface area contributed by atoms with Crippen LogP contribution in [-0.2, 0) is 0 Å². The highest BCUT2D eigenvalue weighted by Crippen LogP contribution is 2.64. The van der Waals surface area contributed by atoms with Crippen molar-refractivity contribution in [3.63, 3.8) is 0 Å². The zero-order valence-electron chi connectivity index (χ0n) is 33.2. The van der Waals surface area contributed by atoms with Gasteiger partial charge >= 0.3 is 0 Å². The van der Waals surface area contributed by atoms with Crippen molar-refractivity contribution in [2.24, 2.45) is 11.3 Å². The van der Waals surface area contributed by atoms with E-state index in [0.29, 0.717) is 11.3 Å². The molecule has 274 valence electrons. The minimum absolute atomic E-state index is 0.362. The van der Waals surface area contributed by atoms with Gasteiger partial charge in [0.15, 0.2) is 0 Å². The molecule has 1 fully saturated rings. The largest absolute Gasteiger partial charge is 0.0733 e. The van der Waals surface area contributed by atoms with Gasteiger partial charge in [-0.1, -0.05) is 223 Å². The molecule has 1 saturated carbocycles. The van der Waals surface area contributed by atoms with E-state index in [9.17, 15) is 0 Å². The fourth-order valence-corrected chi connectivity index (χ4v) is 8.17. The number of benzene rings is 5. The van der Waals surface area contributed by atoms with Crippen LogP contribution >= 0.6 is 0 Å². The molecule has 1 spiro atoms. The van der Waals surface area contributed by atoms with E-state index in [1.54, 1.807) is 0 Å². The maximum Gasteiger partial charge on any atom is 0.0205 e. The molecule has 10 rings (SSSR count). The molecule has 55 heavy (non-hydrogen) atoms. The van der Waals surface area contributed by atoms with Gasteiger partial charge in [-0.15, -0.1) is 0 Å². The quantitative estimate of drug-likeness (QED) is 0.174. The van der Waals surface area contributed by atoms with Crippen molar-refractivity contribution >= 4 is 28.0 Å². The Morgan fingerprint density at radius 3 is 2.15 bits per heavy atom. The number of allylic oxidation sites excluding steroid dienone is 14. The van der Waals surface area contributed by atoms with Gasteiger partial charge < -0.3 is 0 Å². The molecule has 0 amide bonds. The van der Waals surface area contributed by atoms with Crippen LogP contribution in [-0.4, -0.2) is 0 Å². The summed E-state index contributed by atoms with van der Waals surface area (Å²) in [5, 5.41) is 5.18. The first-order chi connectivity index (χ1) is 27.1. The monoisotopic (exact) mass is 714 g/mol. The van der Waals surface area contributed by atoms with E-state index in [4.69, 9.17) is 0 Å². The zero-order chi connectivity index (χ0) is 38.2. The lowest BCUT2D eigenvalue weighted by Gasteiger charge is -2.22. The lowest BCUT2D eigenvalue weighted by atomic mass is 9.82. The molecule has 0 nitrogen and oxygen atoms in total. The Kier molecular flexibility index (Phi) is 11.7. The number of fused-ring (bicyclic) bond motifs is 4. The Balaban J connectivity index is 0.000000164. The van der Waals surface area contributed by atoms with Gasteiger partial charge in [0.1, 0.15) is 0 Å². The molecule has 5 aromatic carbocycles. The maximum atomic E-state index is 2.47. The van der Waals surface area contributed by atoms with Gasteiger partial charge in [0.25, 0.3) is 0 Å². The summed E-state index contributed by atoms with van der Waals surface area (Å²) >= 11 is 0. The number of unbranched alkanes of at least 4 members (excludes halogenated alkanes) is 1. The highest BCUT2D eigenvalue weighted by atomic mass is 14.6. The van der Waals surface area contributed by atoms with Crippen molar-refractivity contribution in [3.8, 4) is 11.1 Å². The van der Waals surface area contributed by atoms with Crippen LogP contribution in [0.3, 0.4) is 0 Å². The zero-order valence-corrected chi connectivity index (χ0v) is 33.2. The van der Waals surface area contributed by atoms with Crippen molar-refractivity contribution in [2.75, 3.05) is 0 Å². The summed E-state index contributed by atoms with van der Waals surface area (Å²) in [6.07, 6.45) is 29.9. The standard InChI is InChI=1S/C31H22.C18H16.C4H10.C2H6/c1-2-11-27-21-22(8-1)20-26-10-4-6-14-30(26)31(27)25-18-16-24(17-19-25)29-15-7-12-23-9-3-5-13-28(23)29;1-13-6-2-3-8-17(13)14-10-15-7-4-5-9-18(15)12-16(18)11-14;1-3-4-2;1-2/h1-20H,21H2;2-11,16H,12H2,1H3;3-4H2,1-2H3;1-2H3. The molecule has 2 bridgehead atoms. The maximum absolute atomic E-state index is 2.47. The molecule has 5 aliphatic carbocycles. The van der Waals surface area contributed by atoms with E-state index in [-0.39, 0.29) is 0 Å². The molecule has 2 unspecified atom stereocenters. The number of rotatable bonds is 4. The molecule has 5 aromatic rings. The molecule has 0 aromatic heterocycles. The van der Waals surface area contributed by atoms with Crippen LogP contribution in [0.25, 0.3) is 39.1 Å². The van der Waals surface area contributed by atoms with Crippen LogP contribution in [0.1, 0.15) is 70.1 Å². The third kappa shape index (κ3) is 7.92. The third-order valence-electron chi connectivity index (χ3n) is 11.3. The van der Waals surface area contributed by atoms with Crippen LogP contribution in [0.5, 0.6) is 0 Å². The summed E-state index contributed by atoms with van der Waals surface area (Å²) in [6, 6.07) is 41.7. The van der Waals surface area contributed by atoms with Crippen LogP contribution in [0.2, 0.25) is 0 Å². The lowest BCUT2D eigenvalue weighted by Crippen LogP contribution is -2.26. The first-order valence-corrected chi connectivity index (χ1v) is 20.4. The fourth-order valence-electron chi connectivity index (χ4n) is 8.17. The van der Waals surface area contributed by atoms with Crippen LogP contribution in [0.4, 0.5) is 0 Å². The smallest absolute Gasteiger partial charge is 0.0205 e. The number of hydrogen-bond acceptors (Lipinski definition) is 0. The van der Waals surface area contributed by atoms with Gasteiger partial charge in [-0.05, 0) is 103 Å². The van der Waals surface area contributed by atoms with Crippen LogP contribution in [0, 0.1) is 18.3 Å². The molecule has 0 heterocycles. The highest BCUT2D eigenvalue weighted by Gasteiger charge is 2.54. The molecular formula is C55H54. The number of aryl methyl sites for hydroxylation is 1. The predicted molar refractivity (Wildman–Crippen MR) is 240 cm³/mol. The second kappa shape index (κ2) is 17.2. The van der Waals surface area contributed by atoms with Crippen LogP contribution < -0.4 is 10.4 Å². The minimum Gasteiger partial charge on any atom is -0.0733 e. The van der Waals surface area contributed by atoms with Gasteiger partial charge in [-0.25, -0.2) is 0 Å². The van der Waals surface area contributed by atoms with E-state index in [2.05, 4.69) is 203 Å². The van der Waals surface area contributed by atoms with Crippen LogP contribution in [0.15, 0.2) is 193 Å². The summed E-state index contributed by atoms with van der Waals surface area (Å²) in [6.45, 7) is 10.6. The van der Waals surface area contributed by atoms with Gasteiger partial charge in [0.2, 0.25) is 0 Å². The van der Waals surface area contributed by atoms with Gasteiger partial charge in [0, 0.05) is 5.41 Å². The normalized spacial score (nSPS) is 19.2. The van der Waals surface area contributed by atoms with Crippen molar-refractivity contribution in [1.29, 1.82) is 0 Å². The summed E-state index contributed by atoms with van der Waals surface area (Å²) in [4.78, 5) is 0. The van der Waals surface area contributed by atoms with E-state index >= 15 is 0 Å². The SMILES string of the molecule is C1=CC=C2CC(=C1)C=c1ccccc1=C2c1ccc(-c2cccc3ccccc23)cc1.CC.CCCC.Cc1ccccc1C1=CC2CC23C=CC=CC3=C1. The minimum atomic E-state index is 0.362. The summed E-state index contributed by atoms with van der Waals surface area (Å²) in [5.74, 6) is 0.716. The van der Waals surface area contributed by atoms with Gasteiger partial charge in [0.05, 0.1) is 0 Å². The Bertz CT molecular complexity index is 2510. The predicted octanol–water partition coefficient (Wildman–Crippen LogP) is 13.6. The van der Waals surface area contributed by atoms with E-state index < -0.39 is 0 Å². The van der Waals surface area contributed by atoms with E-state index in [1.807, 2.05) is 13.8 Å². The third-order valence-corrected chi connectivity index (χ3v) is 11.3. The van der Waals surface area contributed by atoms with Crippen molar-refractivity contribution in [2.45, 2.75) is 60.3 Å². The average molecular weight is 715 g/mol. The Labute approximate surface area is 329 Å². The van der Waals surface area contributed by atoms with E-state index in [1.165, 1.54) is 96.2 Å². The molecular weight excluding hydrogens is 661 g/mol. The Morgan fingerprint density at radius 2 is 1.33 bits per heavy atom. The molecule has 5 aliphatic rings. The Morgan fingerprint density at radius 1 is 0.636 bits per heavy atom. The van der Waals surface area contributed by atoms with Gasteiger partial charge in [-0.2, -0.15) is 0 Å². The second-order valence-corrected chi connectivity index (χ2v) is 14.8. The first-order valence-electron chi connectivity index (χ1n) is 20.4. The fraction of sp³-hybridized carbons (Fsp3) is 0.200. The number of hydrogen-bond donors (Lipinski definition) is 0. The summed E-state index contributed by atoms with van der Waals surface area (Å²) in [5.41, 5.74) is 13.9. The van der Waals surface area contributed by atoms with Crippen molar-refractivity contribution in [1.82, 2.24) is 0 Å². The molecule has 0 radical (unpaired) electrons. The highest BCUT2D eigenvalue weighted by molar-refractivity contribution is 5.97. The van der Waals surface area contributed by atoms with Crippen molar-refractivity contribution < 1.29 is 0 Å². The summed E-state index contributed by atoms with van der Waals surface area (Å²) in [7, 11) is 0. The molecule has 0 N–H and O–H groups in total. The van der Waals surface area contributed by atoms with Gasteiger partial charge in [-0.3, -0.25) is 0 Å². The molecule has 2 atom stereocenters. The molecule has 0 heteroatoms. The Hall–Kier alpha value is -5.72. The lowest BCUT2D eigenvalue weighted by molar-refractivity contribution is 0.740. The average Bonchev–Trinajstić information content (AvgIpc) is 4.03. The van der Waals surface area contributed by atoms with E-state index in [0.717, 1.165) is 6.42 Å². The molecule has 0 aliphatic heterocycles. The topological polar surface area (TPSA) is 0 Å². The first kappa shape index (κ1) is 37.6. The molecule has 0 saturated heterocycles. The second-order valence-electron chi connectivity index (χ2n) is 14.8. The van der Waals surface area contributed by atoms with Crippen molar-refractivity contribution in [3.05, 3.63) is 220 Å².